The van der Waals surface area contributed by atoms with Crippen molar-refractivity contribution >= 4 is 11.6 Å². The van der Waals surface area contributed by atoms with Crippen LogP contribution in [0.1, 0.15) is 63.4 Å². The largest absolute Gasteiger partial charge is 0.416 e. The Labute approximate surface area is 262 Å². The normalized spacial score (nSPS) is 15.6. The summed E-state index contributed by atoms with van der Waals surface area (Å²) in [6.45, 7) is 1.11. The summed E-state index contributed by atoms with van der Waals surface area (Å²) in [5.74, 6) is -0.137. The molecule has 5 rings (SSSR count). The SMILES string of the molecule is Cc1cc2c(cc1C(F)(F)F)N(Cc1cccc(C#N)c1)CCCC2N(Cc1cc(C(F)(F)F)cc(C(F)(F)F)c1)c1nnn(C)n1. The van der Waals surface area contributed by atoms with E-state index in [0.29, 0.717) is 35.2 Å². The van der Waals surface area contributed by atoms with Gasteiger partial charge in [-0.1, -0.05) is 23.3 Å². The molecule has 248 valence electrons. The molecule has 7 nitrogen and oxygen atoms in total. The van der Waals surface area contributed by atoms with Crippen LogP contribution >= 0.6 is 0 Å². The molecule has 0 spiro atoms. The number of nitrogens with zero attached hydrogens (tertiary/aromatic N) is 7. The monoisotopic (exact) mass is 667 g/mol. The van der Waals surface area contributed by atoms with Gasteiger partial charge in [-0.3, -0.25) is 0 Å². The number of nitriles is 1. The maximum atomic E-state index is 14.2. The van der Waals surface area contributed by atoms with Crippen molar-refractivity contribution < 1.29 is 39.5 Å². The fourth-order valence-electron chi connectivity index (χ4n) is 5.78. The molecular weight excluding hydrogens is 641 g/mol. The van der Waals surface area contributed by atoms with E-state index in [1.165, 1.54) is 24.9 Å². The Morgan fingerprint density at radius 3 is 2.15 bits per heavy atom. The predicted molar refractivity (Wildman–Crippen MR) is 152 cm³/mol. The van der Waals surface area contributed by atoms with Crippen LogP contribution in [0.3, 0.4) is 0 Å². The van der Waals surface area contributed by atoms with Crippen LogP contribution in [0.2, 0.25) is 0 Å². The van der Waals surface area contributed by atoms with Gasteiger partial charge in [0.2, 0.25) is 0 Å². The number of anilines is 2. The van der Waals surface area contributed by atoms with Gasteiger partial charge in [0.05, 0.1) is 41.4 Å². The lowest BCUT2D eigenvalue weighted by atomic mass is 9.94. The number of hydrogen-bond acceptors (Lipinski definition) is 6. The van der Waals surface area contributed by atoms with E-state index in [1.54, 1.807) is 29.2 Å². The Morgan fingerprint density at radius 1 is 0.894 bits per heavy atom. The molecule has 1 aliphatic rings. The first-order valence-electron chi connectivity index (χ1n) is 14.2. The van der Waals surface area contributed by atoms with Crippen molar-refractivity contribution in [2.24, 2.45) is 7.05 Å². The van der Waals surface area contributed by atoms with Crippen molar-refractivity contribution in [3.05, 3.63) is 99.1 Å². The number of rotatable bonds is 6. The lowest BCUT2D eigenvalue weighted by Gasteiger charge is -2.33. The number of aryl methyl sites for hydroxylation is 2. The van der Waals surface area contributed by atoms with Crippen LogP contribution < -0.4 is 9.80 Å². The minimum Gasteiger partial charge on any atom is -0.367 e. The summed E-state index contributed by atoms with van der Waals surface area (Å²) in [5, 5.41) is 21.3. The molecule has 3 aromatic carbocycles. The van der Waals surface area contributed by atoms with Crippen molar-refractivity contribution in [2.45, 2.75) is 57.4 Å². The summed E-state index contributed by atoms with van der Waals surface area (Å²) in [5.41, 5.74) is -2.88. The lowest BCUT2D eigenvalue weighted by molar-refractivity contribution is -0.143. The Kier molecular flexibility index (Phi) is 8.87. The number of benzene rings is 3. The summed E-state index contributed by atoms with van der Waals surface area (Å²) < 4.78 is 125. The highest BCUT2D eigenvalue weighted by atomic mass is 19.4. The average Bonchev–Trinajstić information content (AvgIpc) is 3.34. The van der Waals surface area contributed by atoms with Gasteiger partial charge in [-0.2, -0.15) is 49.6 Å². The quantitative estimate of drug-likeness (QED) is 0.194. The van der Waals surface area contributed by atoms with Gasteiger partial charge in [-0.25, -0.2) is 0 Å². The van der Waals surface area contributed by atoms with Crippen LogP contribution in [0.15, 0.2) is 54.6 Å². The number of fused-ring (bicyclic) bond motifs is 1. The zero-order valence-corrected chi connectivity index (χ0v) is 24.8. The van der Waals surface area contributed by atoms with Gasteiger partial charge in [0.1, 0.15) is 0 Å². The first-order valence-corrected chi connectivity index (χ1v) is 14.2. The van der Waals surface area contributed by atoms with Gasteiger partial charge < -0.3 is 9.80 Å². The molecule has 0 saturated carbocycles. The van der Waals surface area contributed by atoms with Crippen molar-refractivity contribution in [3.8, 4) is 6.07 Å². The fourth-order valence-corrected chi connectivity index (χ4v) is 5.78. The van der Waals surface area contributed by atoms with Gasteiger partial charge in [0.15, 0.2) is 0 Å². The van der Waals surface area contributed by atoms with Crippen LogP contribution in [0.4, 0.5) is 51.1 Å². The van der Waals surface area contributed by atoms with Crippen LogP contribution in [0, 0.1) is 18.3 Å². The third-order valence-electron chi connectivity index (χ3n) is 7.85. The molecule has 47 heavy (non-hydrogen) atoms. The standard InChI is InChI=1S/C31H26F9N7/c1-18-9-24-26(7-4-8-46(27(24)14-25(18)31(38,39)40)16-20-6-3-5-19(10-20)15-41)47(28-42-44-45(2)43-28)17-21-11-22(29(32,33)34)13-23(12-21)30(35,36)37/h3,5-6,9-14,26H,4,7-8,16-17H2,1-2H3. The Bertz CT molecular complexity index is 1770. The van der Waals surface area contributed by atoms with Crippen molar-refractivity contribution in [1.29, 1.82) is 5.26 Å². The van der Waals surface area contributed by atoms with Gasteiger partial charge >= 0.3 is 18.5 Å². The number of tetrazole rings is 1. The van der Waals surface area contributed by atoms with Crippen LogP contribution in [0.5, 0.6) is 0 Å². The highest BCUT2D eigenvalue weighted by Crippen LogP contribution is 2.44. The molecule has 1 unspecified atom stereocenters. The summed E-state index contributed by atoms with van der Waals surface area (Å²) in [6, 6.07) is 11.3. The number of halogens is 9. The van der Waals surface area contributed by atoms with E-state index < -0.39 is 47.8 Å². The van der Waals surface area contributed by atoms with E-state index in [1.807, 2.05) is 6.07 Å². The maximum absolute atomic E-state index is 14.2. The maximum Gasteiger partial charge on any atom is 0.416 e. The van der Waals surface area contributed by atoms with Crippen molar-refractivity contribution in [3.63, 3.8) is 0 Å². The smallest absolute Gasteiger partial charge is 0.367 e. The lowest BCUT2D eigenvalue weighted by Crippen LogP contribution is -2.30. The predicted octanol–water partition coefficient (Wildman–Crippen LogP) is 7.99. The first-order chi connectivity index (χ1) is 21.9. The molecule has 2 heterocycles. The third kappa shape index (κ3) is 7.44. The molecule has 1 aliphatic heterocycles. The molecular formula is C31H26F9N7. The minimum absolute atomic E-state index is 0.0244. The number of alkyl halides is 9. The summed E-state index contributed by atoms with van der Waals surface area (Å²) in [4.78, 5) is 4.14. The molecule has 0 aliphatic carbocycles. The molecule has 1 atom stereocenters. The van der Waals surface area contributed by atoms with Gasteiger partial charge in [-0.05, 0) is 83.6 Å². The first kappa shape index (κ1) is 33.6. The zero-order chi connectivity index (χ0) is 34.3. The van der Waals surface area contributed by atoms with Crippen molar-refractivity contribution in [2.75, 3.05) is 16.3 Å². The molecule has 4 aromatic rings. The number of aromatic nitrogens is 4. The Balaban J connectivity index is 1.67. The average molecular weight is 668 g/mol. The van der Waals surface area contributed by atoms with E-state index in [0.717, 1.165) is 10.9 Å². The van der Waals surface area contributed by atoms with Gasteiger partial charge in [-0.15, -0.1) is 5.10 Å². The number of hydrogen-bond donors (Lipinski definition) is 0. The molecule has 0 radical (unpaired) electrons. The Hall–Kier alpha value is -4.81. The second kappa shape index (κ2) is 12.4. The molecule has 0 N–H and O–H groups in total. The van der Waals surface area contributed by atoms with Crippen LogP contribution in [0.25, 0.3) is 0 Å². The van der Waals surface area contributed by atoms with Crippen LogP contribution in [-0.4, -0.2) is 26.8 Å². The zero-order valence-electron chi connectivity index (χ0n) is 24.8. The highest BCUT2D eigenvalue weighted by molar-refractivity contribution is 5.62. The molecule has 0 bridgehead atoms. The molecule has 1 aromatic heterocycles. The summed E-state index contributed by atoms with van der Waals surface area (Å²) in [6.07, 6.45) is -14.3. The Morgan fingerprint density at radius 2 is 1.57 bits per heavy atom. The molecule has 0 saturated heterocycles. The van der Waals surface area contributed by atoms with Crippen LogP contribution in [-0.2, 0) is 38.7 Å². The van der Waals surface area contributed by atoms with E-state index >= 15 is 0 Å². The van der Waals surface area contributed by atoms with Gasteiger partial charge in [0, 0.05) is 25.3 Å². The van der Waals surface area contributed by atoms with E-state index in [-0.39, 0.29) is 48.3 Å². The van der Waals surface area contributed by atoms with Crippen molar-refractivity contribution in [1.82, 2.24) is 20.2 Å². The second-order valence-corrected chi connectivity index (χ2v) is 11.2. The minimum atomic E-state index is -5.09. The van der Waals surface area contributed by atoms with E-state index in [9.17, 15) is 44.8 Å². The second-order valence-electron chi connectivity index (χ2n) is 11.2. The highest BCUT2D eigenvalue weighted by Gasteiger charge is 2.39. The summed E-state index contributed by atoms with van der Waals surface area (Å²) >= 11 is 0. The fraction of sp³-hybridized carbons (Fsp3) is 0.355. The molecule has 0 fully saturated rings. The van der Waals surface area contributed by atoms with Gasteiger partial charge in [0.25, 0.3) is 5.95 Å². The third-order valence-corrected chi connectivity index (χ3v) is 7.85. The topological polar surface area (TPSA) is 73.9 Å². The molecule has 16 heteroatoms. The summed E-state index contributed by atoms with van der Waals surface area (Å²) in [7, 11) is 1.42. The van der Waals surface area contributed by atoms with E-state index in [4.69, 9.17) is 0 Å². The van der Waals surface area contributed by atoms with E-state index in [2.05, 4.69) is 15.4 Å². The molecule has 0 amide bonds.